The Morgan fingerprint density at radius 3 is 1.59 bits per heavy atom. The molecule has 4 aromatic rings. The van der Waals surface area contributed by atoms with E-state index in [0.29, 0.717) is 0 Å². The van der Waals surface area contributed by atoms with Crippen molar-refractivity contribution in [3.63, 3.8) is 0 Å². The van der Waals surface area contributed by atoms with Gasteiger partial charge in [-0.1, -0.05) is 103 Å². The zero-order chi connectivity index (χ0) is 18.1. The lowest BCUT2D eigenvalue weighted by Gasteiger charge is -2.42. The highest BCUT2D eigenvalue weighted by Crippen LogP contribution is 2.50. The number of nitrogens with zero attached hydrogens (tertiary/aromatic N) is 1. The predicted molar refractivity (Wildman–Crippen MR) is 112 cm³/mol. The van der Waals surface area contributed by atoms with E-state index in [-0.39, 0.29) is 5.54 Å². The van der Waals surface area contributed by atoms with Gasteiger partial charge in [0.25, 0.3) is 0 Å². The molecule has 0 radical (unpaired) electrons. The highest BCUT2D eigenvalue weighted by Gasteiger charge is 2.47. The van der Waals surface area contributed by atoms with Crippen LogP contribution in [-0.4, -0.2) is 0 Å². The summed E-state index contributed by atoms with van der Waals surface area (Å²) in [6.07, 6.45) is 0. The van der Waals surface area contributed by atoms with E-state index in [2.05, 4.69) is 120 Å². The van der Waals surface area contributed by atoms with Gasteiger partial charge in [0.1, 0.15) is 5.54 Å². The fourth-order valence-electron chi connectivity index (χ4n) is 4.49. The van der Waals surface area contributed by atoms with E-state index in [4.69, 9.17) is 0 Å². The van der Waals surface area contributed by atoms with E-state index in [9.17, 15) is 0 Å². The molecule has 1 aliphatic rings. The maximum atomic E-state index is 2.54. The normalized spacial score (nSPS) is 14.7. The van der Waals surface area contributed by atoms with Crippen molar-refractivity contribution in [2.75, 3.05) is 4.90 Å². The topological polar surface area (TPSA) is 3.24 Å². The second kappa shape index (κ2) is 6.44. The molecule has 0 fully saturated rings. The first-order chi connectivity index (χ1) is 13.4. The molecule has 0 atom stereocenters. The molecule has 5 rings (SSSR count). The van der Waals surface area contributed by atoms with Crippen LogP contribution < -0.4 is 4.90 Å². The molecule has 130 valence electrons. The molecule has 0 amide bonds. The quantitative estimate of drug-likeness (QED) is 0.439. The predicted octanol–water partition coefficient (Wildman–Crippen LogP) is 6.00. The molecule has 0 spiro atoms. The zero-order valence-electron chi connectivity index (χ0n) is 15.1. The third-order valence-corrected chi connectivity index (χ3v) is 5.59. The third kappa shape index (κ3) is 2.39. The van der Waals surface area contributed by atoms with Gasteiger partial charge in [0.15, 0.2) is 0 Å². The lowest BCUT2D eigenvalue weighted by atomic mass is 9.77. The Morgan fingerprint density at radius 2 is 1.00 bits per heavy atom. The fraction of sp³-hybridized carbons (Fsp3) is 0.0769. The number of hydrogen-bond donors (Lipinski definition) is 0. The van der Waals surface area contributed by atoms with Crippen molar-refractivity contribution >= 4 is 5.69 Å². The molecule has 0 aromatic heterocycles. The van der Waals surface area contributed by atoms with Crippen LogP contribution in [0.5, 0.6) is 0 Å². The van der Waals surface area contributed by atoms with Crippen LogP contribution in [0.4, 0.5) is 5.69 Å². The van der Waals surface area contributed by atoms with E-state index in [1.54, 1.807) is 0 Å². The Kier molecular flexibility index (Phi) is 3.79. The van der Waals surface area contributed by atoms with Gasteiger partial charge >= 0.3 is 0 Å². The minimum atomic E-state index is -0.333. The summed E-state index contributed by atoms with van der Waals surface area (Å²) < 4.78 is 0. The monoisotopic (exact) mass is 347 g/mol. The minimum absolute atomic E-state index is 0.333. The number of rotatable bonds is 3. The highest BCUT2D eigenvalue weighted by molar-refractivity contribution is 5.67. The van der Waals surface area contributed by atoms with Gasteiger partial charge in [-0.25, -0.2) is 0 Å². The van der Waals surface area contributed by atoms with E-state index in [1.165, 1.54) is 27.9 Å². The Hall–Kier alpha value is -3.32. The molecule has 1 heterocycles. The summed E-state index contributed by atoms with van der Waals surface area (Å²) in [6, 6.07) is 41.4. The molecule has 0 bridgehead atoms. The first-order valence-electron chi connectivity index (χ1n) is 9.43. The van der Waals surface area contributed by atoms with Gasteiger partial charge in [-0.15, -0.1) is 0 Å². The summed E-state index contributed by atoms with van der Waals surface area (Å²) in [7, 11) is 0. The van der Waals surface area contributed by atoms with Crippen molar-refractivity contribution < 1.29 is 0 Å². The largest absolute Gasteiger partial charge is 0.349 e. The first-order valence-corrected chi connectivity index (χ1v) is 9.43. The Bertz CT molecular complexity index is 1000. The lowest BCUT2D eigenvalue weighted by molar-refractivity contribution is 0.604. The molecule has 0 aliphatic carbocycles. The van der Waals surface area contributed by atoms with Crippen LogP contribution in [0.3, 0.4) is 0 Å². The number of benzene rings is 4. The molecule has 1 aliphatic heterocycles. The van der Waals surface area contributed by atoms with Gasteiger partial charge in [0.2, 0.25) is 0 Å². The summed E-state index contributed by atoms with van der Waals surface area (Å²) >= 11 is 0. The summed E-state index contributed by atoms with van der Waals surface area (Å²) in [4.78, 5) is 2.54. The molecular formula is C26H21N. The summed E-state index contributed by atoms with van der Waals surface area (Å²) in [5.74, 6) is 0. The number of hydrogen-bond acceptors (Lipinski definition) is 1. The summed E-state index contributed by atoms with van der Waals surface area (Å²) in [5, 5.41) is 0. The standard InChI is InChI=1S/C26H21N/c1-4-13-22(14-5-1)26(23-15-6-2-7-16-23)25-19-11-10-12-21(25)20-27(26)24-17-8-3-9-18-24/h1-19H,20H2. The van der Waals surface area contributed by atoms with Crippen molar-refractivity contribution in [2.24, 2.45) is 0 Å². The third-order valence-electron chi connectivity index (χ3n) is 5.59. The molecular weight excluding hydrogens is 326 g/mol. The van der Waals surface area contributed by atoms with E-state index in [1.807, 2.05) is 0 Å². The molecule has 1 nitrogen and oxygen atoms in total. The first kappa shape index (κ1) is 15.9. The maximum absolute atomic E-state index is 2.54. The van der Waals surface area contributed by atoms with Gasteiger partial charge in [0.05, 0.1) is 0 Å². The Morgan fingerprint density at radius 1 is 0.519 bits per heavy atom. The van der Waals surface area contributed by atoms with Crippen molar-refractivity contribution in [3.8, 4) is 0 Å². The minimum Gasteiger partial charge on any atom is -0.349 e. The van der Waals surface area contributed by atoms with Crippen LogP contribution >= 0.6 is 0 Å². The van der Waals surface area contributed by atoms with E-state index < -0.39 is 0 Å². The van der Waals surface area contributed by atoms with Gasteiger partial charge < -0.3 is 4.90 Å². The van der Waals surface area contributed by atoms with Crippen LogP contribution in [-0.2, 0) is 12.1 Å². The van der Waals surface area contributed by atoms with Gasteiger partial charge in [-0.3, -0.25) is 0 Å². The number of para-hydroxylation sites is 1. The second-order valence-electron chi connectivity index (χ2n) is 7.02. The molecule has 0 unspecified atom stereocenters. The van der Waals surface area contributed by atoms with Gasteiger partial charge in [-0.05, 0) is 34.4 Å². The summed E-state index contributed by atoms with van der Waals surface area (Å²) in [6.45, 7) is 0.893. The van der Waals surface area contributed by atoms with E-state index >= 15 is 0 Å². The molecule has 1 heteroatoms. The lowest BCUT2D eigenvalue weighted by Crippen LogP contribution is -2.43. The smallest absolute Gasteiger partial charge is 0.117 e. The van der Waals surface area contributed by atoms with Crippen LogP contribution in [0.1, 0.15) is 22.3 Å². The van der Waals surface area contributed by atoms with Crippen molar-refractivity contribution in [2.45, 2.75) is 12.1 Å². The highest BCUT2D eigenvalue weighted by atomic mass is 15.2. The molecule has 4 aromatic carbocycles. The molecule has 0 saturated heterocycles. The molecule has 0 N–H and O–H groups in total. The van der Waals surface area contributed by atoms with Gasteiger partial charge in [-0.2, -0.15) is 0 Å². The van der Waals surface area contributed by atoms with Crippen molar-refractivity contribution in [1.29, 1.82) is 0 Å². The zero-order valence-corrected chi connectivity index (χ0v) is 15.1. The SMILES string of the molecule is c1ccc(N2Cc3ccccc3C2(c2ccccc2)c2ccccc2)cc1. The molecule has 0 saturated carbocycles. The average Bonchev–Trinajstić information content (AvgIpc) is 3.12. The summed E-state index contributed by atoms with van der Waals surface area (Å²) in [5.41, 5.74) is 6.25. The van der Waals surface area contributed by atoms with Crippen LogP contribution in [0, 0.1) is 0 Å². The van der Waals surface area contributed by atoms with Crippen molar-refractivity contribution in [1.82, 2.24) is 0 Å². The van der Waals surface area contributed by atoms with Crippen LogP contribution in [0.2, 0.25) is 0 Å². The Labute approximate surface area is 160 Å². The second-order valence-corrected chi connectivity index (χ2v) is 7.02. The average molecular weight is 347 g/mol. The fourth-order valence-corrected chi connectivity index (χ4v) is 4.49. The Balaban J connectivity index is 1.88. The molecule has 27 heavy (non-hydrogen) atoms. The maximum Gasteiger partial charge on any atom is 0.117 e. The number of anilines is 1. The van der Waals surface area contributed by atoms with Crippen molar-refractivity contribution in [3.05, 3.63) is 138 Å². The number of fused-ring (bicyclic) bond motifs is 1. The van der Waals surface area contributed by atoms with Gasteiger partial charge in [0, 0.05) is 12.2 Å². The van der Waals surface area contributed by atoms with Crippen LogP contribution in [0.15, 0.2) is 115 Å². The van der Waals surface area contributed by atoms with E-state index in [0.717, 1.165) is 6.54 Å². The van der Waals surface area contributed by atoms with Crippen LogP contribution in [0.25, 0.3) is 0 Å².